The zero-order chi connectivity index (χ0) is 0. The second-order valence-corrected chi connectivity index (χ2v) is 0. The number of hydrogen-bond acceptors (Lipinski definition) is 0. The molecule has 0 atom stereocenters. The average molecular weight is 114 g/mol. The molecule has 0 aliphatic heterocycles. The van der Waals surface area contributed by atoms with Gasteiger partial charge in [-0.1, -0.05) is 7.43 Å². The maximum absolute atomic E-state index is 0. The van der Waals surface area contributed by atoms with Crippen molar-refractivity contribution in [2.45, 2.75) is 7.43 Å². The Morgan fingerprint density at radius 2 is 1.00 bits per heavy atom. The van der Waals surface area contributed by atoms with Crippen LogP contribution in [-0.2, 0) is 21.7 Å². The summed E-state index contributed by atoms with van der Waals surface area (Å²) in [5.41, 5.74) is 0. The van der Waals surface area contributed by atoms with Crippen molar-refractivity contribution in [2.24, 2.45) is 0 Å². The molecule has 0 radical (unpaired) electrons. The van der Waals surface area contributed by atoms with Gasteiger partial charge in [0.2, 0.25) is 0 Å². The summed E-state index contributed by atoms with van der Waals surface area (Å²) >= 11 is 0. The van der Waals surface area contributed by atoms with Gasteiger partial charge in [-0.2, -0.15) is 0 Å². The van der Waals surface area contributed by atoms with Crippen molar-refractivity contribution in [1.29, 1.82) is 0 Å². The van der Waals surface area contributed by atoms with Gasteiger partial charge >= 0.3 is 0 Å². The largest absolute Gasteiger partial charge is 0.412 e. The molecule has 0 aromatic heterocycles. The Morgan fingerprint density at radius 1 is 1.00 bits per heavy atom. The van der Waals surface area contributed by atoms with Gasteiger partial charge in [-0.25, -0.2) is 0 Å². The average Bonchev–Trinajstić information content (AvgIpc) is 0. The Morgan fingerprint density at radius 3 is 1.00 bits per heavy atom. The second kappa shape index (κ2) is 41.0. The minimum Gasteiger partial charge on any atom is -0.412 e. The van der Waals surface area contributed by atoms with Crippen molar-refractivity contribution < 1.29 is 27.2 Å². The quantitative estimate of drug-likeness (QED) is 0.338. The Hall–Kier alpha value is 0.891. The molecule has 2 N–H and O–H groups in total. The Labute approximate surface area is 46.0 Å². The van der Waals surface area contributed by atoms with E-state index in [4.69, 9.17) is 0 Å². The smallest absolute Gasteiger partial charge is 0 e. The fraction of sp³-hybridized carbons (Fsp3) is 1.00. The van der Waals surface area contributed by atoms with Crippen molar-refractivity contribution in [3.8, 4) is 0 Å². The van der Waals surface area contributed by atoms with E-state index in [1.54, 1.807) is 0 Å². The van der Waals surface area contributed by atoms with E-state index >= 15 is 0 Å². The van der Waals surface area contributed by atoms with Crippen molar-refractivity contribution in [1.82, 2.24) is 0 Å². The molecule has 0 fully saturated rings. The van der Waals surface area contributed by atoms with Crippen LogP contribution in [0.15, 0.2) is 0 Å². The minimum absolute atomic E-state index is 0. The fourth-order valence-electron chi connectivity index (χ4n) is 0. The van der Waals surface area contributed by atoms with E-state index in [0.717, 1.165) is 0 Å². The first-order chi connectivity index (χ1) is 0. The molecule has 0 aliphatic carbocycles. The van der Waals surface area contributed by atoms with Crippen LogP contribution in [0.25, 0.3) is 0 Å². The first-order valence-electron chi connectivity index (χ1n) is 0. The van der Waals surface area contributed by atoms with E-state index in [-0.39, 0.29) is 45.6 Å². The summed E-state index contributed by atoms with van der Waals surface area (Å²) in [5, 5.41) is 0. The molecule has 0 aromatic rings. The molecule has 3 heteroatoms. The SMILES string of the molecule is C.O.[SiH4].[Ti]. The first kappa shape index (κ1) is 93.3. The first-order valence-corrected chi connectivity index (χ1v) is 0. The predicted octanol–water partition coefficient (Wildman–Crippen LogP) is -1.64. The van der Waals surface area contributed by atoms with E-state index in [2.05, 4.69) is 0 Å². The monoisotopic (exact) mass is 114 g/mol. The maximum atomic E-state index is 0. The molecule has 0 saturated carbocycles. The third-order valence-electron chi connectivity index (χ3n) is 0. The summed E-state index contributed by atoms with van der Waals surface area (Å²) in [6.07, 6.45) is 0. The fourth-order valence-corrected chi connectivity index (χ4v) is 0. The standard InChI is InChI=1S/CH4.H2O.H4Si.Ti/h1H4;1H2;1H4;. The molecule has 0 unspecified atom stereocenters. The Kier molecular flexibility index (Phi) is 955. The van der Waals surface area contributed by atoms with Crippen LogP contribution >= 0.6 is 0 Å². The normalized spacial score (nSPS) is 0. The summed E-state index contributed by atoms with van der Waals surface area (Å²) in [6, 6.07) is 0. The van der Waals surface area contributed by atoms with Crippen LogP contribution in [0.1, 0.15) is 7.43 Å². The number of rotatable bonds is 0. The molecule has 0 bridgehead atoms. The zero-order valence-corrected chi connectivity index (χ0v) is 2.56. The van der Waals surface area contributed by atoms with Gasteiger partial charge in [0.25, 0.3) is 0 Å². The Bertz CT molecular complexity index is 8.00. The van der Waals surface area contributed by atoms with Crippen LogP contribution < -0.4 is 0 Å². The van der Waals surface area contributed by atoms with E-state index in [1.165, 1.54) is 0 Å². The van der Waals surface area contributed by atoms with Crippen LogP contribution in [0.5, 0.6) is 0 Å². The van der Waals surface area contributed by atoms with Crippen LogP contribution in [0, 0.1) is 0 Å². The van der Waals surface area contributed by atoms with Gasteiger partial charge < -0.3 is 5.48 Å². The molecule has 0 rings (SSSR count). The summed E-state index contributed by atoms with van der Waals surface area (Å²) in [6.45, 7) is 0. The van der Waals surface area contributed by atoms with E-state index in [1.807, 2.05) is 0 Å². The topological polar surface area (TPSA) is 31.5 Å². The van der Waals surface area contributed by atoms with Crippen molar-refractivity contribution in [3.63, 3.8) is 0 Å². The molecule has 1 nitrogen and oxygen atoms in total. The summed E-state index contributed by atoms with van der Waals surface area (Å²) in [7, 11) is 0. The van der Waals surface area contributed by atoms with Gasteiger partial charge in [0.05, 0.1) is 0 Å². The molecule has 0 heterocycles. The summed E-state index contributed by atoms with van der Waals surface area (Å²) in [4.78, 5) is 0. The summed E-state index contributed by atoms with van der Waals surface area (Å²) < 4.78 is 0. The van der Waals surface area contributed by atoms with E-state index < -0.39 is 0 Å². The predicted molar refractivity (Wildman–Crippen MR) is 21.7 cm³/mol. The van der Waals surface area contributed by atoms with Crippen LogP contribution in [-0.4, -0.2) is 16.4 Å². The molecule has 0 amide bonds. The van der Waals surface area contributed by atoms with Gasteiger partial charge in [-0.15, -0.1) is 0 Å². The van der Waals surface area contributed by atoms with Gasteiger partial charge in [0.15, 0.2) is 0 Å². The minimum atomic E-state index is 0. The third kappa shape index (κ3) is 13.0. The zero-order valence-electron chi connectivity index (χ0n) is 1.00. The second-order valence-electron chi connectivity index (χ2n) is 0. The van der Waals surface area contributed by atoms with Crippen molar-refractivity contribution in [2.75, 3.05) is 0 Å². The molecule has 28 valence electrons. The van der Waals surface area contributed by atoms with Gasteiger partial charge in [-0.3, -0.25) is 0 Å². The van der Waals surface area contributed by atoms with Gasteiger partial charge in [-0.05, 0) is 11.0 Å². The van der Waals surface area contributed by atoms with E-state index in [9.17, 15) is 0 Å². The molecular weight excluding hydrogens is 104 g/mol. The van der Waals surface area contributed by atoms with Crippen molar-refractivity contribution in [3.05, 3.63) is 0 Å². The van der Waals surface area contributed by atoms with Gasteiger partial charge in [0.1, 0.15) is 0 Å². The maximum Gasteiger partial charge on any atom is 0 e. The van der Waals surface area contributed by atoms with Crippen LogP contribution in [0.2, 0.25) is 0 Å². The molecule has 0 spiro atoms. The molecule has 0 aliphatic rings. The van der Waals surface area contributed by atoms with E-state index in [0.29, 0.717) is 0 Å². The third-order valence-corrected chi connectivity index (χ3v) is 0. The molecule has 0 saturated heterocycles. The Balaban J connectivity index is 0. The van der Waals surface area contributed by atoms with Gasteiger partial charge in [0, 0.05) is 21.7 Å². The summed E-state index contributed by atoms with van der Waals surface area (Å²) in [5.74, 6) is 0. The van der Waals surface area contributed by atoms with Crippen molar-refractivity contribution >= 4 is 11.0 Å². The molecule has 0 aromatic carbocycles. The molecule has 4 heavy (non-hydrogen) atoms. The molecular formula is CH10OSiTi. The van der Waals surface area contributed by atoms with Crippen LogP contribution in [0.4, 0.5) is 0 Å². The van der Waals surface area contributed by atoms with Crippen LogP contribution in [0.3, 0.4) is 0 Å². The number of hydrogen-bond donors (Lipinski definition) is 0.